The number of carbonyl (C=O) groups excluding carboxylic acids is 2. The zero-order valence-electron chi connectivity index (χ0n) is 27.8. The topological polar surface area (TPSA) is 136 Å². The fourth-order valence-electron chi connectivity index (χ4n) is 4.28. The van der Waals surface area contributed by atoms with Crippen molar-refractivity contribution in [2.75, 3.05) is 60.1 Å². The molecule has 0 bridgehead atoms. The van der Waals surface area contributed by atoms with Gasteiger partial charge >= 0.3 is 11.9 Å². The molecule has 0 saturated heterocycles. The quantitative estimate of drug-likeness (QED) is 0.0481. The number of hydrogen-bond acceptors (Lipinski definition) is 12. The van der Waals surface area contributed by atoms with E-state index in [4.69, 9.17) is 18.9 Å². The minimum atomic E-state index is -0.931. The Balaban J connectivity index is 0.933. The Kier molecular flexibility index (Phi) is 17.2. The van der Waals surface area contributed by atoms with Gasteiger partial charge in [0.1, 0.15) is 50.1 Å². The largest absolute Gasteiger partial charge is 0.491 e. The van der Waals surface area contributed by atoms with Crippen LogP contribution in [0.1, 0.15) is 12.8 Å². The van der Waals surface area contributed by atoms with Gasteiger partial charge in [0.05, 0.1) is 12.8 Å². The van der Waals surface area contributed by atoms with Crippen LogP contribution < -0.4 is 20.1 Å². The van der Waals surface area contributed by atoms with Gasteiger partial charge in [-0.3, -0.25) is 9.59 Å². The van der Waals surface area contributed by atoms with Gasteiger partial charge in [0.15, 0.2) is 0 Å². The Hall–Kier alpha value is -4.36. The van der Waals surface area contributed by atoms with Gasteiger partial charge in [-0.25, -0.2) is 0 Å². The third kappa shape index (κ3) is 15.9. The number of anilines is 4. The molecule has 2 unspecified atom stereocenters. The van der Waals surface area contributed by atoms with Gasteiger partial charge < -0.3 is 39.8 Å². The Morgan fingerprint density at radius 2 is 0.860 bits per heavy atom. The average molecular weight is 721 g/mol. The Morgan fingerprint density at radius 1 is 0.500 bits per heavy atom. The van der Waals surface area contributed by atoms with Crippen LogP contribution >= 0.6 is 23.5 Å². The molecule has 0 spiro atoms. The van der Waals surface area contributed by atoms with E-state index in [1.807, 2.05) is 109 Å². The van der Waals surface area contributed by atoms with E-state index in [1.165, 1.54) is 0 Å². The van der Waals surface area contributed by atoms with Crippen molar-refractivity contribution in [2.24, 2.45) is 0 Å². The highest BCUT2D eigenvalue weighted by molar-refractivity contribution is 8.02. The normalized spacial score (nSPS) is 12.0. The molecule has 0 aliphatic heterocycles. The van der Waals surface area contributed by atoms with Gasteiger partial charge in [0.2, 0.25) is 0 Å². The highest BCUT2D eigenvalue weighted by Gasteiger charge is 2.12. The van der Waals surface area contributed by atoms with Crippen LogP contribution in [0.3, 0.4) is 0 Å². The molecule has 50 heavy (non-hydrogen) atoms. The van der Waals surface area contributed by atoms with Crippen molar-refractivity contribution in [3.8, 4) is 11.5 Å². The van der Waals surface area contributed by atoms with Crippen LogP contribution in [0.4, 0.5) is 22.7 Å². The van der Waals surface area contributed by atoms with E-state index in [9.17, 15) is 19.8 Å². The smallest absolute Gasteiger partial charge is 0.306 e. The van der Waals surface area contributed by atoms with Gasteiger partial charge in [-0.15, -0.1) is 0 Å². The summed E-state index contributed by atoms with van der Waals surface area (Å²) in [5, 5.41) is 26.9. The second-order valence-corrected chi connectivity index (χ2v) is 13.5. The van der Waals surface area contributed by atoms with Crippen LogP contribution in [-0.4, -0.2) is 83.8 Å². The Bertz CT molecular complexity index is 1410. The second-order valence-electron chi connectivity index (χ2n) is 11.1. The maximum absolute atomic E-state index is 12.0. The van der Waals surface area contributed by atoms with E-state index in [0.29, 0.717) is 23.0 Å². The van der Waals surface area contributed by atoms with Crippen LogP contribution in [0.5, 0.6) is 11.5 Å². The number of benzene rings is 4. The molecule has 4 N–H and O–H groups in total. The first kappa shape index (κ1) is 38.4. The zero-order valence-corrected chi connectivity index (χ0v) is 29.4. The highest BCUT2D eigenvalue weighted by Crippen LogP contribution is 2.21. The summed E-state index contributed by atoms with van der Waals surface area (Å²) in [5.74, 6) is 3.32. The number of nitrogens with one attached hydrogen (secondary N) is 2. The van der Waals surface area contributed by atoms with Gasteiger partial charge in [0.25, 0.3) is 0 Å². The summed E-state index contributed by atoms with van der Waals surface area (Å²) in [4.78, 5) is 24.1. The number of ether oxygens (including phenoxy) is 4. The summed E-state index contributed by atoms with van der Waals surface area (Å²) in [7, 11) is 0. The third-order valence-electron chi connectivity index (χ3n) is 6.86. The SMILES string of the molecule is O=C(CCSCCSCCC(=O)OCC(O)COc1ccc(Nc2ccccc2)cc1)OCC(O)COc1ccc(Nc2ccccc2)cc1. The van der Waals surface area contributed by atoms with Crippen molar-refractivity contribution >= 4 is 58.2 Å². The molecule has 4 rings (SSSR count). The van der Waals surface area contributed by atoms with Crippen LogP contribution in [0.2, 0.25) is 0 Å². The fourth-order valence-corrected chi connectivity index (χ4v) is 6.26. The number of thioether (sulfide) groups is 2. The molecule has 0 fully saturated rings. The van der Waals surface area contributed by atoms with E-state index in [2.05, 4.69) is 10.6 Å². The molecular weight excluding hydrogens is 677 g/mol. The Morgan fingerprint density at radius 3 is 1.24 bits per heavy atom. The molecule has 0 amide bonds. The van der Waals surface area contributed by atoms with Crippen molar-refractivity contribution in [1.82, 2.24) is 0 Å². The molecule has 266 valence electrons. The number of hydrogen-bond donors (Lipinski definition) is 4. The van der Waals surface area contributed by atoms with Crippen molar-refractivity contribution in [1.29, 1.82) is 0 Å². The zero-order chi connectivity index (χ0) is 35.2. The number of aliphatic hydroxyl groups excluding tert-OH is 2. The van der Waals surface area contributed by atoms with Gasteiger partial charge in [-0.05, 0) is 72.8 Å². The van der Waals surface area contributed by atoms with E-state index in [1.54, 1.807) is 23.5 Å². The van der Waals surface area contributed by atoms with Crippen molar-refractivity contribution < 1.29 is 38.7 Å². The number of aliphatic hydroxyl groups is 2. The molecule has 2 atom stereocenters. The molecule has 10 nitrogen and oxygen atoms in total. The summed E-state index contributed by atoms with van der Waals surface area (Å²) in [6, 6.07) is 34.4. The summed E-state index contributed by atoms with van der Waals surface area (Å²) >= 11 is 3.24. The van der Waals surface area contributed by atoms with Crippen molar-refractivity contribution in [2.45, 2.75) is 25.0 Å². The molecular formula is C38H44N2O8S2. The van der Waals surface area contributed by atoms with Crippen molar-refractivity contribution in [3.05, 3.63) is 109 Å². The highest BCUT2D eigenvalue weighted by atomic mass is 32.2. The van der Waals surface area contributed by atoms with E-state index < -0.39 is 12.2 Å². The molecule has 0 aliphatic carbocycles. The first-order valence-electron chi connectivity index (χ1n) is 16.4. The molecule has 0 heterocycles. The van der Waals surface area contributed by atoms with Gasteiger partial charge in [-0.1, -0.05) is 36.4 Å². The lowest BCUT2D eigenvalue weighted by molar-refractivity contribution is -0.147. The average Bonchev–Trinajstić information content (AvgIpc) is 3.14. The summed E-state index contributed by atoms with van der Waals surface area (Å²) in [6.07, 6.45) is -1.37. The van der Waals surface area contributed by atoms with E-state index in [-0.39, 0.29) is 51.2 Å². The number of para-hydroxylation sites is 2. The van der Waals surface area contributed by atoms with E-state index >= 15 is 0 Å². The molecule has 4 aromatic rings. The molecule has 0 saturated carbocycles. The van der Waals surface area contributed by atoms with Crippen molar-refractivity contribution in [3.63, 3.8) is 0 Å². The lowest BCUT2D eigenvalue weighted by atomic mass is 10.2. The predicted octanol–water partition coefficient (Wildman–Crippen LogP) is 6.69. The summed E-state index contributed by atoms with van der Waals surface area (Å²) in [6.45, 7) is -0.240. The standard InChI is InChI=1S/C38H44N2O8S2/c41-33(25-45-35-15-11-31(12-16-35)39-29-7-3-1-4-8-29)27-47-37(43)19-21-49-23-24-50-22-20-38(44)48-28-34(42)26-46-36-17-13-32(14-18-36)40-30-9-5-2-6-10-30/h1-18,33-34,39-42H,19-28H2. The number of rotatable bonds is 23. The van der Waals surface area contributed by atoms with Crippen LogP contribution in [0.25, 0.3) is 0 Å². The predicted molar refractivity (Wildman–Crippen MR) is 201 cm³/mol. The van der Waals surface area contributed by atoms with Gasteiger partial charge in [0, 0.05) is 45.8 Å². The molecule has 0 aliphatic rings. The van der Waals surface area contributed by atoms with Crippen LogP contribution in [0.15, 0.2) is 109 Å². The monoisotopic (exact) mass is 720 g/mol. The van der Waals surface area contributed by atoms with Crippen LogP contribution in [-0.2, 0) is 19.1 Å². The maximum atomic E-state index is 12.0. The lowest BCUT2D eigenvalue weighted by Gasteiger charge is -2.13. The first-order chi connectivity index (χ1) is 24.4. The molecule has 12 heteroatoms. The van der Waals surface area contributed by atoms with Gasteiger partial charge in [-0.2, -0.15) is 23.5 Å². The number of carbonyl (C=O) groups is 2. The molecule has 0 radical (unpaired) electrons. The third-order valence-corrected chi connectivity index (χ3v) is 9.09. The first-order valence-corrected chi connectivity index (χ1v) is 18.7. The van der Waals surface area contributed by atoms with E-state index in [0.717, 1.165) is 34.3 Å². The summed E-state index contributed by atoms with van der Waals surface area (Å²) in [5.41, 5.74) is 3.80. The summed E-state index contributed by atoms with van der Waals surface area (Å²) < 4.78 is 21.6. The lowest BCUT2D eigenvalue weighted by Crippen LogP contribution is -2.25. The second kappa shape index (κ2) is 22.4. The molecule has 4 aromatic carbocycles. The minimum Gasteiger partial charge on any atom is -0.491 e. The fraction of sp³-hybridized carbons (Fsp3) is 0.316. The van der Waals surface area contributed by atoms with Crippen LogP contribution in [0, 0.1) is 0 Å². The Labute approximate surface area is 301 Å². The minimum absolute atomic E-state index is 0.0105. The maximum Gasteiger partial charge on any atom is 0.306 e. The molecule has 0 aromatic heterocycles. The number of esters is 2.